The number of carbonyl (C=O) groups is 1. The van der Waals surface area contributed by atoms with E-state index in [4.69, 9.17) is 4.84 Å². The fourth-order valence-corrected chi connectivity index (χ4v) is 1.80. The van der Waals surface area contributed by atoms with Crippen LogP contribution in [0.15, 0.2) is 0 Å². The Balaban J connectivity index is 2.32. The van der Waals surface area contributed by atoms with E-state index in [1.165, 1.54) is 4.90 Å². The van der Waals surface area contributed by atoms with E-state index in [0.29, 0.717) is 25.9 Å². The van der Waals surface area contributed by atoms with Gasteiger partial charge in [0.2, 0.25) is 0 Å². The molecule has 0 aliphatic carbocycles. The van der Waals surface area contributed by atoms with Crippen LogP contribution in [0.4, 0.5) is 18.0 Å². The summed E-state index contributed by atoms with van der Waals surface area (Å²) in [5.74, 6) is 0. The normalized spacial score (nSPS) is 18.2. The molecular weight excluding hydrogens is 253 g/mol. The molecule has 5 nitrogen and oxygen atoms in total. The van der Waals surface area contributed by atoms with Crippen molar-refractivity contribution in [3.8, 4) is 0 Å². The molecule has 1 saturated heterocycles. The van der Waals surface area contributed by atoms with Crippen LogP contribution in [0.25, 0.3) is 0 Å². The molecule has 1 fully saturated rings. The number of ether oxygens (including phenoxy) is 1. The Morgan fingerprint density at radius 2 is 1.94 bits per heavy atom. The lowest BCUT2D eigenvalue weighted by Gasteiger charge is -2.34. The molecule has 1 heterocycles. The van der Waals surface area contributed by atoms with Crippen LogP contribution in [0.5, 0.6) is 0 Å². The van der Waals surface area contributed by atoms with Crippen LogP contribution in [-0.2, 0) is 9.57 Å². The molecule has 1 aliphatic rings. The topological polar surface area (TPSA) is 42.0 Å². The van der Waals surface area contributed by atoms with E-state index >= 15 is 0 Å². The van der Waals surface area contributed by atoms with Crippen LogP contribution in [0.2, 0.25) is 0 Å². The number of likely N-dealkylation sites (tertiary alicyclic amines) is 1. The van der Waals surface area contributed by atoms with Gasteiger partial charge >= 0.3 is 12.3 Å². The van der Waals surface area contributed by atoms with E-state index < -0.39 is 18.9 Å². The van der Waals surface area contributed by atoms with E-state index in [0.717, 1.165) is 0 Å². The number of halogens is 3. The van der Waals surface area contributed by atoms with Crippen LogP contribution in [0.3, 0.4) is 0 Å². The third kappa shape index (κ3) is 4.69. The highest BCUT2D eigenvalue weighted by molar-refractivity contribution is 5.67. The predicted molar refractivity (Wildman–Crippen MR) is 56.8 cm³/mol. The number of hydrogen-bond acceptors (Lipinski definition) is 4. The highest BCUT2D eigenvalue weighted by Crippen LogP contribution is 2.18. The summed E-state index contributed by atoms with van der Waals surface area (Å²) in [6.45, 7) is -0.798. The second-order valence-corrected chi connectivity index (χ2v) is 4.12. The largest absolute Gasteiger partial charge is 0.440 e. The molecule has 18 heavy (non-hydrogen) atoms. The molecule has 1 aliphatic heterocycles. The molecule has 0 aromatic heterocycles. The van der Waals surface area contributed by atoms with Crippen LogP contribution in [0, 0.1) is 0 Å². The lowest BCUT2D eigenvalue weighted by molar-refractivity contribution is -0.165. The van der Waals surface area contributed by atoms with Crippen LogP contribution >= 0.6 is 0 Å². The van der Waals surface area contributed by atoms with Crippen molar-refractivity contribution in [1.29, 1.82) is 0 Å². The second-order valence-electron chi connectivity index (χ2n) is 4.12. The molecule has 0 aromatic carbocycles. The standard InChI is InChI=1S/C10H17F3N2O3/c1-14(17-2)8-3-5-15(6-4-8)9(16)18-7-10(11,12)13/h8H,3-7H2,1-2H3. The molecule has 0 bridgehead atoms. The highest BCUT2D eigenvalue weighted by Gasteiger charge is 2.32. The van der Waals surface area contributed by atoms with E-state index in [9.17, 15) is 18.0 Å². The van der Waals surface area contributed by atoms with Gasteiger partial charge in [0, 0.05) is 26.2 Å². The molecule has 0 atom stereocenters. The minimum Gasteiger partial charge on any atom is -0.440 e. The molecule has 0 N–H and O–H groups in total. The molecular formula is C10H17F3N2O3. The fourth-order valence-electron chi connectivity index (χ4n) is 1.80. The number of rotatable bonds is 3. The molecule has 8 heteroatoms. The van der Waals surface area contributed by atoms with Crippen molar-refractivity contribution in [3.63, 3.8) is 0 Å². The molecule has 1 rings (SSSR count). The van der Waals surface area contributed by atoms with E-state index in [2.05, 4.69) is 4.74 Å². The number of hydroxylamine groups is 2. The van der Waals surface area contributed by atoms with E-state index in [-0.39, 0.29) is 6.04 Å². The molecule has 0 saturated carbocycles. The van der Waals surface area contributed by atoms with E-state index in [1.54, 1.807) is 19.2 Å². The molecule has 0 radical (unpaired) electrons. The van der Waals surface area contributed by atoms with Crippen molar-refractivity contribution in [2.24, 2.45) is 0 Å². The quantitative estimate of drug-likeness (QED) is 0.731. The van der Waals surface area contributed by atoms with Gasteiger partial charge in [-0.2, -0.15) is 18.2 Å². The number of hydrogen-bond donors (Lipinski definition) is 0. The zero-order valence-electron chi connectivity index (χ0n) is 10.4. The minimum atomic E-state index is -4.48. The SMILES string of the molecule is CON(C)C1CCN(C(=O)OCC(F)(F)F)CC1. The van der Waals surface area contributed by atoms with Gasteiger partial charge in [-0.25, -0.2) is 4.79 Å². The summed E-state index contributed by atoms with van der Waals surface area (Å²) in [5.41, 5.74) is 0. The highest BCUT2D eigenvalue weighted by atomic mass is 19.4. The van der Waals surface area contributed by atoms with Gasteiger partial charge in [-0.1, -0.05) is 0 Å². The first-order chi connectivity index (χ1) is 8.33. The zero-order valence-corrected chi connectivity index (χ0v) is 10.4. The van der Waals surface area contributed by atoms with Gasteiger partial charge in [0.25, 0.3) is 0 Å². The predicted octanol–water partition coefficient (Wildman–Crippen LogP) is 1.64. The maximum Gasteiger partial charge on any atom is 0.422 e. The van der Waals surface area contributed by atoms with Crippen LogP contribution in [0.1, 0.15) is 12.8 Å². The third-order valence-corrected chi connectivity index (χ3v) is 2.88. The Bertz CT molecular complexity index is 278. The van der Waals surface area contributed by atoms with E-state index in [1.807, 2.05) is 0 Å². The number of piperidine rings is 1. The summed E-state index contributed by atoms with van der Waals surface area (Å²) < 4.78 is 39.8. The van der Waals surface area contributed by atoms with Crippen molar-refractivity contribution in [3.05, 3.63) is 0 Å². The summed E-state index contributed by atoms with van der Waals surface area (Å²) in [5, 5.41) is 1.68. The molecule has 106 valence electrons. The van der Waals surface area contributed by atoms with Gasteiger partial charge in [-0.05, 0) is 12.8 Å². The Morgan fingerprint density at radius 3 is 2.39 bits per heavy atom. The van der Waals surface area contributed by atoms with Crippen LogP contribution < -0.4 is 0 Å². The fraction of sp³-hybridized carbons (Fsp3) is 0.900. The molecule has 1 amide bonds. The first-order valence-electron chi connectivity index (χ1n) is 5.59. The molecule has 0 aromatic rings. The van der Waals surface area contributed by atoms with Gasteiger partial charge in [0.05, 0.1) is 7.11 Å². The van der Waals surface area contributed by atoms with Gasteiger partial charge in [-0.15, -0.1) is 0 Å². The monoisotopic (exact) mass is 270 g/mol. The smallest absolute Gasteiger partial charge is 0.422 e. The van der Waals surface area contributed by atoms with Crippen molar-refractivity contribution < 1.29 is 27.5 Å². The number of nitrogens with zero attached hydrogens (tertiary/aromatic N) is 2. The van der Waals surface area contributed by atoms with Gasteiger partial charge < -0.3 is 14.5 Å². The van der Waals surface area contributed by atoms with Crippen LogP contribution in [-0.4, -0.2) is 62.1 Å². The summed E-state index contributed by atoms with van der Waals surface area (Å²) in [4.78, 5) is 17.7. The number of carbonyl (C=O) groups excluding carboxylic acids is 1. The summed E-state index contributed by atoms with van der Waals surface area (Å²) in [6, 6.07) is 0.168. The first kappa shape index (κ1) is 15.0. The third-order valence-electron chi connectivity index (χ3n) is 2.88. The summed E-state index contributed by atoms with van der Waals surface area (Å²) in [7, 11) is 3.33. The maximum absolute atomic E-state index is 11.9. The second kappa shape index (κ2) is 6.24. The lowest BCUT2D eigenvalue weighted by Crippen LogP contribution is -2.45. The zero-order chi connectivity index (χ0) is 13.8. The summed E-state index contributed by atoms with van der Waals surface area (Å²) >= 11 is 0. The average molecular weight is 270 g/mol. The Morgan fingerprint density at radius 1 is 1.39 bits per heavy atom. The van der Waals surface area contributed by atoms with Gasteiger partial charge in [0.15, 0.2) is 6.61 Å². The average Bonchev–Trinajstić information content (AvgIpc) is 2.34. The minimum absolute atomic E-state index is 0.168. The Hall–Kier alpha value is -1.02. The van der Waals surface area contributed by atoms with Gasteiger partial charge in [0.1, 0.15) is 0 Å². The Labute approximate surface area is 103 Å². The van der Waals surface area contributed by atoms with Crippen molar-refractivity contribution in [2.45, 2.75) is 25.1 Å². The van der Waals surface area contributed by atoms with Crippen molar-refractivity contribution >= 4 is 6.09 Å². The number of alkyl halides is 3. The maximum atomic E-state index is 11.9. The van der Waals surface area contributed by atoms with Gasteiger partial charge in [-0.3, -0.25) is 0 Å². The molecule has 0 unspecified atom stereocenters. The Kier molecular flexibility index (Phi) is 5.21. The molecule has 0 spiro atoms. The van der Waals surface area contributed by atoms with Crippen molar-refractivity contribution in [1.82, 2.24) is 9.96 Å². The number of amides is 1. The summed E-state index contributed by atoms with van der Waals surface area (Å²) in [6.07, 6.45) is -4.10. The van der Waals surface area contributed by atoms with Crippen molar-refractivity contribution in [2.75, 3.05) is 33.9 Å². The first-order valence-corrected chi connectivity index (χ1v) is 5.59. The lowest BCUT2D eigenvalue weighted by atomic mass is 10.1.